The van der Waals surface area contributed by atoms with Gasteiger partial charge in [0.05, 0.1) is 0 Å². The van der Waals surface area contributed by atoms with Gasteiger partial charge in [-0.3, -0.25) is 0 Å². The Morgan fingerprint density at radius 1 is 0.412 bits per heavy atom. The first kappa shape index (κ1) is 29.8. The predicted octanol–water partition coefficient (Wildman–Crippen LogP) is 11.0. The summed E-state index contributed by atoms with van der Waals surface area (Å²) in [5, 5.41) is 4.96. The molecular formula is C48H35BO2. The Labute approximate surface area is 299 Å². The van der Waals surface area contributed by atoms with Crippen LogP contribution in [0.4, 0.5) is 0 Å². The van der Waals surface area contributed by atoms with Crippen molar-refractivity contribution >= 4 is 44.6 Å². The molecule has 10 rings (SSSR count). The molecule has 0 amide bonds. The Balaban J connectivity index is 1.22. The molecule has 8 aromatic rings. The molecule has 242 valence electrons. The van der Waals surface area contributed by atoms with E-state index in [2.05, 4.69) is 160 Å². The SMILES string of the molecule is CC(C)(C)c1ccc(-c2c3ccccc3c(-c3ccccc3-c3cccc4c3Oc3cccc5c3B4c3ccccc3O5)c3ccccc23)cc1. The number of hydrogen-bond acceptors (Lipinski definition) is 2. The lowest BCUT2D eigenvalue weighted by molar-refractivity contribution is 0.465. The fourth-order valence-electron chi connectivity index (χ4n) is 8.42. The first-order chi connectivity index (χ1) is 25.0. The van der Waals surface area contributed by atoms with Gasteiger partial charge in [-0.2, -0.15) is 0 Å². The molecule has 0 aromatic heterocycles. The van der Waals surface area contributed by atoms with Gasteiger partial charge in [-0.15, -0.1) is 0 Å². The third-order valence-electron chi connectivity index (χ3n) is 10.8. The van der Waals surface area contributed by atoms with Crippen molar-refractivity contribution in [2.45, 2.75) is 26.2 Å². The molecule has 0 bridgehead atoms. The normalized spacial score (nSPS) is 12.9. The Kier molecular flexibility index (Phi) is 6.57. The minimum absolute atomic E-state index is 0.0163. The molecule has 8 aromatic carbocycles. The van der Waals surface area contributed by atoms with Gasteiger partial charge in [-0.25, -0.2) is 0 Å². The van der Waals surface area contributed by atoms with Crippen molar-refractivity contribution in [1.29, 1.82) is 0 Å². The minimum atomic E-state index is 0.0163. The smallest absolute Gasteiger partial charge is 0.260 e. The van der Waals surface area contributed by atoms with Gasteiger partial charge in [0.2, 0.25) is 0 Å². The molecule has 0 fully saturated rings. The summed E-state index contributed by atoms with van der Waals surface area (Å²) in [6, 6.07) is 57.0. The number of ether oxygens (including phenoxy) is 2. The van der Waals surface area contributed by atoms with E-state index in [1.165, 1.54) is 49.4 Å². The summed E-state index contributed by atoms with van der Waals surface area (Å²) in [6.45, 7) is 6.83. The van der Waals surface area contributed by atoms with Crippen LogP contribution in [0.1, 0.15) is 26.3 Å². The van der Waals surface area contributed by atoms with Gasteiger partial charge in [-0.1, -0.05) is 160 Å². The monoisotopic (exact) mass is 654 g/mol. The highest BCUT2D eigenvalue weighted by atomic mass is 16.5. The largest absolute Gasteiger partial charge is 0.458 e. The van der Waals surface area contributed by atoms with Gasteiger partial charge in [0.15, 0.2) is 0 Å². The summed E-state index contributed by atoms with van der Waals surface area (Å²) in [5.41, 5.74) is 12.0. The lowest BCUT2D eigenvalue weighted by atomic mass is 9.34. The summed E-state index contributed by atoms with van der Waals surface area (Å²) in [6.07, 6.45) is 0. The van der Waals surface area contributed by atoms with Crippen LogP contribution in [0, 0.1) is 0 Å². The lowest BCUT2D eigenvalue weighted by Crippen LogP contribution is -2.57. The van der Waals surface area contributed by atoms with Gasteiger partial charge < -0.3 is 9.47 Å². The molecule has 0 saturated heterocycles. The van der Waals surface area contributed by atoms with Crippen LogP contribution in [-0.2, 0) is 5.41 Å². The van der Waals surface area contributed by atoms with E-state index in [9.17, 15) is 0 Å². The van der Waals surface area contributed by atoms with Crippen molar-refractivity contribution in [3.8, 4) is 56.4 Å². The fourth-order valence-corrected chi connectivity index (χ4v) is 8.42. The summed E-state index contributed by atoms with van der Waals surface area (Å²) in [5.74, 6) is 3.51. The Morgan fingerprint density at radius 2 is 0.922 bits per heavy atom. The highest BCUT2D eigenvalue weighted by molar-refractivity contribution is 6.98. The molecule has 0 aliphatic carbocycles. The molecular weight excluding hydrogens is 619 g/mol. The van der Waals surface area contributed by atoms with Crippen molar-refractivity contribution in [3.63, 3.8) is 0 Å². The average Bonchev–Trinajstić information content (AvgIpc) is 3.16. The number of fused-ring (bicyclic) bond motifs is 6. The van der Waals surface area contributed by atoms with Crippen LogP contribution in [0.15, 0.2) is 158 Å². The third-order valence-corrected chi connectivity index (χ3v) is 10.8. The topological polar surface area (TPSA) is 18.5 Å². The summed E-state index contributed by atoms with van der Waals surface area (Å²) >= 11 is 0. The molecule has 51 heavy (non-hydrogen) atoms. The molecule has 0 atom stereocenters. The molecule has 0 spiro atoms. The molecule has 2 nitrogen and oxygen atoms in total. The highest BCUT2D eigenvalue weighted by Gasteiger charge is 2.40. The highest BCUT2D eigenvalue weighted by Crippen LogP contribution is 2.48. The second-order valence-electron chi connectivity index (χ2n) is 14.8. The van der Waals surface area contributed by atoms with Gasteiger partial charge in [0.25, 0.3) is 6.71 Å². The molecule has 0 N–H and O–H groups in total. The van der Waals surface area contributed by atoms with Gasteiger partial charge in [0, 0.05) is 11.0 Å². The molecule has 0 unspecified atom stereocenters. The van der Waals surface area contributed by atoms with E-state index < -0.39 is 0 Å². The number of hydrogen-bond donors (Lipinski definition) is 0. The van der Waals surface area contributed by atoms with E-state index in [0.29, 0.717) is 0 Å². The van der Waals surface area contributed by atoms with Crippen LogP contribution in [-0.4, -0.2) is 6.71 Å². The van der Waals surface area contributed by atoms with Crippen molar-refractivity contribution in [1.82, 2.24) is 0 Å². The second kappa shape index (κ2) is 11.2. The van der Waals surface area contributed by atoms with Gasteiger partial charge >= 0.3 is 0 Å². The molecule has 0 saturated carbocycles. The van der Waals surface area contributed by atoms with E-state index in [1.54, 1.807) is 0 Å². The number of benzene rings is 8. The second-order valence-corrected chi connectivity index (χ2v) is 14.8. The van der Waals surface area contributed by atoms with Crippen LogP contribution >= 0.6 is 0 Å². The zero-order valence-electron chi connectivity index (χ0n) is 28.9. The van der Waals surface area contributed by atoms with Gasteiger partial charge in [0.1, 0.15) is 23.0 Å². The van der Waals surface area contributed by atoms with E-state index in [-0.39, 0.29) is 12.1 Å². The van der Waals surface area contributed by atoms with E-state index >= 15 is 0 Å². The predicted molar refractivity (Wildman–Crippen MR) is 214 cm³/mol. The van der Waals surface area contributed by atoms with Crippen LogP contribution < -0.4 is 25.9 Å². The van der Waals surface area contributed by atoms with Crippen LogP contribution in [0.25, 0.3) is 54.9 Å². The quantitative estimate of drug-likeness (QED) is 0.139. The maximum Gasteiger partial charge on any atom is 0.260 e. The lowest BCUT2D eigenvalue weighted by Gasteiger charge is -2.33. The maximum absolute atomic E-state index is 6.92. The average molecular weight is 655 g/mol. The van der Waals surface area contributed by atoms with Crippen molar-refractivity contribution in [3.05, 3.63) is 163 Å². The Morgan fingerprint density at radius 3 is 1.61 bits per heavy atom. The first-order valence-corrected chi connectivity index (χ1v) is 17.8. The molecule has 3 heteroatoms. The van der Waals surface area contributed by atoms with Crippen LogP contribution in [0.2, 0.25) is 0 Å². The fraction of sp³-hybridized carbons (Fsp3) is 0.0833. The zero-order valence-corrected chi connectivity index (χ0v) is 28.9. The molecule has 2 aliphatic heterocycles. The Hall–Kier alpha value is -6.06. The van der Waals surface area contributed by atoms with Crippen molar-refractivity contribution < 1.29 is 9.47 Å². The minimum Gasteiger partial charge on any atom is -0.458 e. The number of rotatable bonds is 3. The molecule has 0 radical (unpaired) electrons. The molecule has 2 aliphatic rings. The van der Waals surface area contributed by atoms with Crippen LogP contribution in [0.5, 0.6) is 23.0 Å². The Bertz CT molecular complexity index is 2630. The summed E-state index contributed by atoms with van der Waals surface area (Å²) in [7, 11) is 0. The molecule has 2 heterocycles. The first-order valence-electron chi connectivity index (χ1n) is 17.8. The van der Waals surface area contributed by atoms with Crippen LogP contribution in [0.3, 0.4) is 0 Å². The van der Waals surface area contributed by atoms with Crippen molar-refractivity contribution in [2.24, 2.45) is 0 Å². The standard InChI is InChI=1S/C48H35BO2/c1-48(2,3)31-28-26-30(27-29-31)44-34-16-6-8-18-36(34)45(37-19-9-7-17-35(37)44)33-15-5-4-14-32(33)38-20-12-22-40-47(38)51-43-25-13-24-42-46(43)49(40)39-21-10-11-23-41(39)50-42/h4-29H,1-3H3. The van der Waals surface area contributed by atoms with Gasteiger partial charge in [-0.05, 0) is 89.5 Å². The number of para-hydroxylation sites is 2. The van der Waals surface area contributed by atoms with Crippen molar-refractivity contribution in [2.75, 3.05) is 0 Å². The summed E-state index contributed by atoms with van der Waals surface area (Å²) in [4.78, 5) is 0. The zero-order chi connectivity index (χ0) is 34.3. The van der Waals surface area contributed by atoms with E-state index in [4.69, 9.17) is 9.47 Å². The summed E-state index contributed by atoms with van der Waals surface area (Å²) < 4.78 is 13.3. The van der Waals surface area contributed by atoms with E-state index in [0.717, 1.165) is 50.5 Å². The third kappa shape index (κ3) is 4.58. The van der Waals surface area contributed by atoms with E-state index in [1.807, 2.05) is 18.2 Å². The maximum atomic E-state index is 6.92.